The molecule has 3 fully saturated rings. The minimum atomic E-state index is -0.0874. The van der Waals surface area contributed by atoms with Gasteiger partial charge in [0, 0.05) is 19.0 Å². The van der Waals surface area contributed by atoms with Crippen molar-refractivity contribution in [3.63, 3.8) is 0 Å². The van der Waals surface area contributed by atoms with E-state index in [-0.39, 0.29) is 5.60 Å². The molecule has 3 aliphatic rings. The molecule has 2 saturated heterocycles. The van der Waals surface area contributed by atoms with Crippen LogP contribution >= 0.6 is 0 Å². The fourth-order valence-electron chi connectivity index (χ4n) is 3.14. The first kappa shape index (κ1) is 11.5. The van der Waals surface area contributed by atoms with Gasteiger partial charge in [0.25, 0.3) is 0 Å². The number of carbonyl (C=O) groups is 1. The zero-order valence-corrected chi connectivity index (χ0v) is 10.4. The van der Waals surface area contributed by atoms with Gasteiger partial charge in [0.05, 0.1) is 18.8 Å². The van der Waals surface area contributed by atoms with E-state index in [1.165, 1.54) is 6.42 Å². The molecule has 96 valence electrons. The van der Waals surface area contributed by atoms with Crippen LogP contribution in [0.4, 0.5) is 0 Å². The van der Waals surface area contributed by atoms with Crippen LogP contribution in [0.3, 0.4) is 0 Å². The van der Waals surface area contributed by atoms with E-state index in [4.69, 9.17) is 4.74 Å². The summed E-state index contributed by atoms with van der Waals surface area (Å²) in [7, 11) is 0. The molecule has 1 amide bonds. The monoisotopic (exact) mass is 238 g/mol. The predicted octanol–water partition coefficient (Wildman–Crippen LogP) is 0.767. The van der Waals surface area contributed by atoms with Crippen LogP contribution in [-0.2, 0) is 9.53 Å². The Morgan fingerprint density at radius 2 is 2.24 bits per heavy atom. The van der Waals surface area contributed by atoms with E-state index in [1.54, 1.807) is 0 Å². The number of hydrogen-bond donors (Lipinski definition) is 1. The molecule has 2 heterocycles. The molecule has 0 radical (unpaired) electrons. The molecule has 0 unspecified atom stereocenters. The fourth-order valence-corrected chi connectivity index (χ4v) is 3.14. The lowest BCUT2D eigenvalue weighted by molar-refractivity contribution is -0.159. The summed E-state index contributed by atoms with van der Waals surface area (Å²) >= 11 is 0. The van der Waals surface area contributed by atoms with Crippen molar-refractivity contribution in [1.82, 2.24) is 10.2 Å². The van der Waals surface area contributed by atoms with Crippen LogP contribution in [0.1, 0.15) is 32.1 Å². The van der Waals surface area contributed by atoms with Crippen molar-refractivity contribution in [2.75, 3.05) is 32.8 Å². The van der Waals surface area contributed by atoms with E-state index in [1.807, 2.05) is 0 Å². The minimum Gasteiger partial charge on any atom is -0.370 e. The lowest BCUT2D eigenvalue weighted by atomic mass is 9.83. The summed E-state index contributed by atoms with van der Waals surface area (Å²) in [6, 6.07) is 0. The summed E-state index contributed by atoms with van der Waals surface area (Å²) < 4.78 is 5.96. The number of nitrogens with one attached hydrogen (secondary N) is 1. The summed E-state index contributed by atoms with van der Waals surface area (Å²) in [5.41, 5.74) is -0.0874. The average molecular weight is 238 g/mol. The van der Waals surface area contributed by atoms with Crippen molar-refractivity contribution in [2.24, 2.45) is 5.92 Å². The Hall–Kier alpha value is -0.610. The van der Waals surface area contributed by atoms with Crippen molar-refractivity contribution >= 4 is 5.91 Å². The molecule has 4 heteroatoms. The van der Waals surface area contributed by atoms with E-state index in [0.29, 0.717) is 18.4 Å². The molecule has 1 N–H and O–H groups in total. The topological polar surface area (TPSA) is 41.6 Å². The van der Waals surface area contributed by atoms with Gasteiger partial charge in [-0.1, -0.05) is 6.42 Å². The minimum absolute atomic E-state index is 0.0874. The first-order valence-electron chi connectivity index (χ1n) is 6.93. The molecule has 0 aromatic carbocycles. The molecule has 0 bridgehead atoms. The van der Waals surface area contributed by atoms with Gasteiger partial charge in [-0.3, -0.25) is 4.79 Å². The predicted molar refractivity (Wildman–Crippen MR) is 64.7 cm³/mol. The summed E-state index contributed by atoms with van der Waals surface area (Å²) in [5, 5.41) is 3.40. The van der Waals surface area contributed by atoms with Crippen LogP contribution < -0.4 is 5.32 Å². The van der Waals surface area contributed by atoms with Gasteiger partial charge in [0.2, 0.25) is 5.91 Å². The highest BCUT2D eigenvalue weighted by Gasteiger charge is 2.41. The zero-order valence-electron chi connectivity index (χ0n) is 10.4. The summed E-state index contributed by atoms with van der Waals surface area (Å²) in [6.07, 6.45) is 5.68. The van der Waals surface area contributed by atoms with Crippen LogP contribution in [-0.4, -0.2) is 49.2 Å². The Morgan fingerprint density at radius 3 is 2.88 bits per heavy atom. The Kier molecular flexibility index (Phi) is 3.09. The molecule has 1 spiro atoms. The van der Waals surface area contributed by atoms with Gasteiger partial charge in [0.15, 0.2) is 0 Å². The van der Waals surface area contributed by atoms with Crippen LogP contribution in [0.5, 0.6) is 0 Å². The maximum Gasteiger partial charge on any atom is 0.225 e. The largest absolute Gasteiger partial charge is 0.370 e. The van der Waals surface area contributed by atoms with Gasteiger partial charge in [-0.2, -0.15) is 0 Å². The number of nitrogens with zero attached hydrogens (tertiary/aromatic N) is 1. The molecule has 2 aliphatic heterocycles. The smallest absolute Gasteiger partial charge is 0.225 e. The van der Waals surface area contributed by atoms with Gasteiger partial charge in [-0.05, 0) is 32.2 Å². The van der Waals surface area contributed by atoms with Gasteiger partial charge in [-0.15, -0.1) is 0 Å². The maximum absolute atomic E-state index is 12.3. The van der Waals surface area contributed by atoms with Gasteiger partial charge in [-0.25, -0.2) is 0 Å². The quantitative estimate of drug-likeness (QED) is 0.733. The third kappa shape index (κ3) is 2.20. The Morgan fingerprint density at radius 1 is 1.35 bits per heavy atom. The number of ether oxygens (including phenoxy) is 1. The summed E-state index contributed by atoms with van der Waals surface area (Å²) in [5.74, 6) is 0.700. The number of hydrogen-bond acceptors (Lipinski definition) is 3. The SMILES string of the molecule is O=C(C1CCC1)N1CCO[C@]2(CCCNC2)C1. The van der Waals surface area contributed by atoms with Crippen LogP contribution in [0.2, 0.25) is 0 Å². The second kappa shape index (κ2) is 4.58. The zero-order chi connectivity index (χ0) is 11.7. The molecule has 1 atom stereocenters. The van der Waals surface area contributed by atoms with Crippen LogP contribution in [0.25, 0.3) is 0 Å². The van der Waals surface area contributed by atoms with Gasteiger partial charge >= 0.3 is 0 Å². The molecule has 0 aromatic rings. The molecule has 1 aliphatic carbocycles. The molecule has 1 saturated carbocycles. The third-order valence-corrected chi connectivity index (χ3v) is 4.45. The Bertz CT molecular complexity index is 290. The standard InChI is InChI=1S/C13H22N2O2/c16-12(11-3-1-4-11)15-7-8-17-13(10-15)5-2-6-14-9-13/h11,14H,1-10H2/t13-/m0/s1. The first-order chi connectivity index (χ1) is 8.29. The highest BCUT2D eigenvalue weighted by Crippen LogP contribution is 2.31. The Labute approximate surface area is 103 Å². The molecular weight excluding hydrogens is 216 g/mol. The number of rotatable bonds is 1. The molecule has 3 rings (SSSR count). The molecule has 4 nitrogen and oxygen atoms in total. The first-order valence-corrected chi connectivity index (χ1v) is 6.93. The summed E-state index contributed by atoms with van der Waals surface area (Å²) in [6.45, 7) is 4.29. The normalized spacial score (nSPS) is 34.7. The average Bonchev–Trinajstić information content (AvgIpc) is 2.28. The lowest BCUT2D eigenvalue weighted by Gasteiger charge is -2.46. The molecular formula is C13H22N2O2. The second-order valence-electron chi connectivity index (χ2n) is 5.70. The number of morpholine rings is 1. The molecule has 0 aromatic heterocycles. The maximum atomic E-state index is 12.3. The van der Waals surface area contributed by atoms with Gasteiger partial charge < -0.3 is 15.0 Å². The van der Waals surface area contributed by atoms with Crippen LogP contribution in [0, 0.1) is 5.92 Å². The van der Waals surface area contributed by atoms with Crippen LogP contribution in [0.15, 0.2) is 0 Å². The van der Waals surface area contributed by atoms with Crippen molar-refractivity contribution < 1.29 is 9.53 Å². The Balaban J connectivity index is 1.64. The number of amides is 1. The van der Waals surface area contributed by atoms with E-state index in [0.717, 1.165) is 51.9 Å². The highest BCUT2D eigenvalue weighted by atomic mass is 16.5. The summed E-state index contributed by atoms with van der Waals surface area (Å²) in [4.78, 5) is 14.3. The van der Waals surface area contributed by atoms with E-state index in [2.05, 4.69) is 10.2 Å². The second-order valence-corrected chi connectivity index (χ2v) is 5.70. The number of carbonyl (C=O) groups excluding carboxylic acids is 1. The number of piperidine rings is 1. The van der Waals surface area contributed by atoms with E-state index >= 15 is 0 Å². The third-order valence-electron chi connectivity index (χ3n) is 4.45. The van der Waals surface area contributed by atoms with Gasteiger partial charge in [0.1, 0.15) is 0 Å². The van der Waals surface area contributed by atoms with Crippen molar-refractivity contribution in [1.29, 1.82) is 0 Å². The van der Waals surface area contributed by atoms with Crippen molar-refractivity contribution in [3.8, 4) is 0 Å². The highest BCUT2D eigenvalue weighted by molar-refractivity contribution is 5.79. The lowest BCUT2D eigenvalue weighted by Crippen LogP contribution is -2.60. The molecule has 17 heavy (non-hydrogen) atoms. The van der Waals surface area contributed by atoms with Crippen molar-refractivity contribution in [2.45, 2.75) is 37.7 Å². The van der Waals surface area contributed by atoms with Crippen molar-refractivity contribution in [3.05, 3.63) is 0 Å². The fraction of sp³-hybridized carbons (Fsp3) is 0.923. The van der Waals surface area contributed by atoms with E-state index in [9.17, 15) is 4.79 Å². The van der Waals surface area contributed by atoms with E-state index < -0.39 is 0 Å².